The van der Waals surface area contributed by atoms with Gasteiger partial charge >= 0.3 is 12.0 Å². The van der Waals surface area contributed by atoms with E-state index in [0.29, 0.717) is 27.5 Å². The van der Waals surface area contributed by atoms with Gasteiger partial charge in [0, 0.05) is 28.4 Å². The van der Waals surface area contributed by atoms with E-state index in [2.05, 4.69) is 20.6 Å². The Bertz CT molecular complexity index is 1220. The lowest BCUT2D eigenvalue weighted by Gasteiger charge is -2.29. The lowest BCUT2D eigenvalue weighted by atomic mass is 9.89. The van der Waals surface area contributed by atoms with E-state index in [1.807, 2.05) is 52.8 Å². The molecule has 0 spiro atoms. The molecule has 2 aromatic heterocycles. The number of nitrogens with zero attached hydrogens (tertiary/aromatic N) is 2. The quantitative estimate of drug-likeness (QED) is 0.396. The predicted octanol–water partition coefficient (Wildman–Crippen LogP) is 6.02. The number of carbonyl (C=O) groups excluding carboxylic acids is 1. The number of hydrogen-bond acceptors (Lipinski definition) is 6. The molecule has 1 aromatic carbocycles. The molecule has 9 heteroatoms. The molecule has 1 atom stereocenters. The average molecular weight is 483 g/mol. The number of pyridine rings is 1. The van der Waals surface area contributed by atoms with Gasteiger partial charge in [-0.25, -0.2) is 19.6 Å². The fraction of sp³-hybridized carbons (Fsp3) is 0.360. The minimum absolute atomic E-state index is 0.262. The molecule has 1 unspecified atom stereocenters. The molecule has 0 aliphatic carbocycles. The monoisotopic (exact) mass is 482 g/mol. The molecule has 3 N–H and O–H groups in total. The molecule has 0 aliphatic heterocycles. The Balaban J connectivity index is 2.18. The molecule has 8 nitrogen and oxygen atoms in total. The van der Waals surface area contributed by atoms with Gasteiger partial charge in [0.2, 0.25) is 0 Å². The Labute approximate surface area is 203 Å². The van der Waals surface area contributed by atoms with E-state index in [4.69, 9.17) is 4.74 Å². The first kappa shape index (κ1) is 25.3. The van der Waals surface area contributed by atoms with Gasteiger partial charge in [-0.1, -0.05) is 18.2 Å². The minimum atomic E-state index is -1.26. The van der Waals surface area contributed by atoms with Crippen LogP contribution >= 0.6 is 11.3 Å². The molecule has 3 rings (SSSR count). The highest BCUT2D eigenvalue weighted by atomic mass is 32.1. The molecule has 2 amide bonds. The summed E-state index contributed by atoms with van der Waals surface area (Å²) in [6, 6.07) is 5.45. The Hall–Kier alpha value is -3.30. The second-order valence-corrected chi connectivity index (χ2v) is 10.0. The summed E-state index contributed by atoms with van der Waals surface area (Å²) in [6.07, 6.45) is 0.326. The number of aryl methyl sites for hydroxylation is 3. The van der Waals surface area contributed by atoms with Crippen molar-refractivity contribution in [1.82, 2.24) is 9.97 Å². The van der Waals surface area contributed by atoms with Crippen molar-refractivity contribution in [1.29, 1.82) is 0 Å². The number of aromatic nitrogens is 2. The van der Waals surface area contributed by atoms with Crippen LogP contribution in [0.5, 0.6) is 0 Å². The normalized spacial score (nSPS) is 12.3. The number of thiazole rings is 1. The molecule has 0 radical (unpaired) electrons. The molecule has 180 valence electrons. The highest BCUT2D eigenvalue weighted by Gasteiger charge is 2.33. The third kappa shape index (κ3) is 5.78. The Kier molecular flexibility index (Phi) is 7.38. The van der Waals surface area contributed by atoms with Crippen LogP contribution in [0.1, 0.15) is 54.8 Å². The van der Waals surface area contributed by atoms with Crippen LogP contribution in [-0.2, 0) is 9.53 Å². The van der Waals surface area contributed by atoms with Crippen molar-refractivity contribution < 1.29 is 19.4 Å². The second kappa shape index (κ2) is 9.90. The number of aliphatic carboxylic acids is 1. The first-order chi connectivity index (χ1) is 15.9. The van der Waals surface area contributed by atoms with Crippen molar-refractivity contribution >= 4 is 34.3 Å². The van der Waals surface area contributed by atoms with Gasteiger partial charge in [0.25, 0.3) is 0 Å². The van der Waals surface area contributed by atoms with E-state index in [0.717, 1.165) is 16.7 Å². The number of carboxylic acids is 1. The lowest BCUT2D eigenvalue weighted by molar-refractivity contribution is -0.160. The number of rotatable bonds is 6. The SMILES string of the molecule is Cc1ccc(-c2c(C)nc(NC(=O)Nc3nccs3)c(C)c2C(OC(C)(C)C)C(=O)O)cc1C. The van der Waals surface area contributed by atoms with Crippen LogP contribution in [0.3, 0.4) is 0 Å². The summed E-state index contributed by atoms with van der Waals surface area (Å²) in [5.41, 5.74) is 4.57. The molecule has 34 heavy (non-hydrogen) atoms. The van der Waals surface area contributed by atoms with Gasteiger partial charge in [-0.15, -0.1) is 11.3 Å². The van der Waals surface area contributed by atoms with Gasteiger partial charge in [0.05, 0.1) is 5.60 Å². The topological polar surface area (TPSA) is 113 Å². The molecule has 0 aliphatic rings. The maximum Gasteiger partial charge on any atom is 0.337 e. The molecule has 0 saturated carbocycles. The Morgan fingerprint density at radius 1 is 1.09 bits per heavy atom. The molecule has 2 heterocycles. The minimum Gasteiger partial charge on any atom is -0.479 e. The van der Waals surface area contributed by atoms with Crippen molar-refractivity contribution in [2.24, 2.45) is 0 Å². The van der Waals surface area contributed by atoms with E-state index in [9.17, 15) is 14.7 Å². The maximum atomic E-state index is 12.6. The van der Waals surface area contributed by atoms with Crippen molar-refractivity contribution in [3.63, 3.8) is 0 Å². The van der Waals surface area contributed by atoms with Crippen LogP contribution in [0.4, 0.5) is 15.7 Å². The smallest absolute Gasteiger partial charge is 0.337 e. The van der Waals surface area contributed by atoms with Crippen molar-refractivity contribution in [3.8, 4) is 11.1 Å². The number of benzene rings is 1. The summed E-state index contributed by atoms with van der Waals surface area (Å²) in [7, 11) is 0. The van der Waals surface area contributed by atoms with Crippen LogP contribution in [0, 0.1) is 27.7 Å². The van der Waals surface area contributed by atoms with Gasteiger partial charge in [-0.3, -0.25) is 10.6 Å². The van der Waals surface area contributed by atoms with Crippen molar-refractivity contribution in [3.05, 3.63) is 57.7 Å². The number of carbonyl (C=O) groups is 2. The van der Waals surface area contributed by atoms with Gasteiger partial charge in [-0.2, -0.15) is 0 Å². The predicted molar refractivity (Wildman–Crippen MR) is 135 cm³/mol. The molecule has 0 bridgehead atoms. The zero-order valence-corrected chi connectivity index (χ0v) is 21.3. The number of carboxylic acid groups (broad SMARTS) is 1. The third-order valence-electron chi connectivity index (χ3n) is 5.31. The van der Waals surface area contributed by atoms with Gasteiger partial charge in [-0.05, 0) is 70.7 Å². The summed E-state index contributed by atoms with van der Waals surface area (Å²) >= 11 is 1.29. The number of amides is 2. The fourth-order valence-electron chi connectivity index (χ4n) is 3.64. The number of hydrogen-bond donors (Lipinski definition) is 3. The molecule has 0 saturated heterocycles. The third-order valence-corrected chi connectivity index (χ3v) is 6.00. The van der Waals surface area contributed by atoms with Crippen LogP contribution in [-0.4, -0.2) is 32.7 Å². The zero-order valence-electron chi connectivity index (χ0n) is 20.4. The molecule has 3 aromatic rings. The molecular weight excluding hydrogens is 452 g/mol. The van der Waals surface area contributed by atoms with Crippen molar-refractivity contribution in [2.45, 2.75) is 60.2 Å². The summed E-state index contributed by atoms with van der Waals surface area (Å²) < 4.78 is 6.02. The van der Waals surface area contributed by atoms with E-state index in [1.165, 1.54) is 11.3 Å². The van der Waals surface area contributed by atoms with E-state index in [1.54, 1.807) is 25.4 Å². The standard InChI is InChI=1S/C25H30N4O4S/c1-13-8-9-17(12-14(13)2)19-16(4)27-21(28-23(32)29-24-26-10-11-34-24)15(3)18(19)20(22(30)31)33-25(5,6)7/h8-12,20H,1-7H3,(H,30,31)(H2,26,27,28,29,32). The van der Waals surface area contributed by atoms with Gasteiger partial charge in [0.1, 0.15) is 5.82 Å². The van der Waals surface area contributed by atoms with Crippen LogP contribution < -0.4 is 10.6 Å². The summed E-state index contributed by atoms with van der Waals surface area (Å²) in [6.45, 7) is 13.0. The summed E-state index contributed by atoms with van der Waals surface area (Å²) in [5.74, 6) is -0.857. The highest BCUT2D eigenvalue weighted by molar-refractivity contribution is 7.13. The second-order valence-electron chi connectivity index (χ2n) is 9.12. The first-order valence-corrected chi connectivity index (χ1v) is 11.7. The zero-order chi connectivity index (χ0) is 25.2. The number of ether oxygens (including phenoxy) is 1. The summed E-state index contributed by atoms with van der Waals surface area (Å²) in [5, 5.41) is 17.8. The number of urea groups is 1. The molecule has 0 fully saturated rings. The molecular formula is C25H30N4O4S. The maximum absolute atomic E-state index is 12.6. The fourth-order valence-corrected chi connectivity index (χ4v) is 4.16. The average Bonchev–Trinajstić information content (AvgIpc) is 3.23. The largest absolute Gasteiger partial charge is 0.479 e. The number of nitrogens with one attached hydrogen (secondary N) is 2. The Morgan fingerprint density at radius 2 is 1.79 bits per heavy atom. The Morgan fingerprint density at radius 3 is 2.35 bits per heavy atom. The first-order valence-electron chi connectivity index (χ1n) is 10.8. The van der Waals surface area contributed by atoms with Crippen LogP contribution in [0.25, 0.3) is 11.1 Å². The highest BCUT2D eigenvalue weighted by Crippen LogP contribution is 2.39. The number of anilines is 2. The van der Waals surface area contributed by atoms with Crippen LogP contribution in [0.2, 0.25) is 0 Å². The van der Waals surface area contributed by atoms with Crippen LogP contribution in [0.15, 0.2) is 29.8 Å². The van der Waals surface area contributed by atoms with Gasteiger partial charge in [0.15, 0.2) is 11.2 Å². The van der Waals surface area contributed by atoms with Crippen molar-refractivity contribution in [2.75, 3.05) is 10.6 Å². The van der Waals surface area contributed by atoms with E-state index < -0.39 is 23.7 Å². The van der Waals surface area contributed by atoms with E-state index >= 15 is 0 Å². The lowest BCUT2D eigenvalue weighted by Crippen LogP contribution is -2.29. The van der Waals surface area contributed by atoms with Gasteiger partial charge < -0.3 is 9.84 Å². The summed E-state index contributed by atoms with van der Waals surface area (Å²) in [4.78, 5) is 33.7. The van der Waals surface area contributed by atoms with E-state index in [-0.39, 0.29) is 5.82 Å².